The zero-order chi connectivity index (χ0) is 37.0. The Morgan fingerprint density at radius 1 is 0.490 bits per heavy atom. The lowest BCUT2D eigenvalue weighted by Gasteiger charge is -2.21. The van der Waals surface area contributed by atoms with Gasteiger partial charge in [0, 0.05) is 22.3 Å². The van der Waals surface area contributed by atoms with Crippen LogP contribution in [-0.4, -0.2) is 62.5 Å². The number of ether oxygens (including phenoxy) is 7. The van der Waals surface area contributed by atoms with E-state index in [2.05, 4.69) is 26.3 Å². The normalized spacial score (nSPS) is 11.7. The summed E-state index contributed by atoms with van der Waals surface area (Å²) in [6.45, 7) is 27.2. The van der Waals surface area contributed by atoms with E-state index in [0.717, 1.165) is 22.3 Å². The molecule has 0 aliphatic carbocycles. The van der Waals surface area contributed by atoms with Gasteiger partial charge in [0.25, 0.3) is 0 Å². The van der Waals surface area contributed by atoms with Crippen LogP contribution in [0.5, 0.6) is 23.0 Å². The third-order valence-electron chi connectivity index (χ3n) is 6.76. The van der Waals surface area contributed by atoms with E-state index in [1.807, 2.05) is 39.8 Å². The predicted molar refractivity (Wildman–Crippen MR) is 184 cm³/mol. The second-order valence-corrected chi connectivity index (χ2v) is 11.9. The molecule has 49 heavy (non-hydrogen) atoms. The zero-order valence-corrected chi connectivity index (χ0v) is 29.6. The van der Waals surface area contributed by atoms with E-state index in [9.17, 15) is 19.2 Å². The number of hydrogen-bond acceptors (Lipinski definition) is 11. The molecule has 11 nitrogen and oxygen atoms in total. The molecule has 264 valence electrons. The standard InChI is InChI=1S/C38H46O11/c1-21(2)35(39)45-19-29(47-37(41)23(5)6)17-43-31-13-27(11)33(15-25(31)9)49-34-16-26(10)32(14-28(34)12)44-18-30(48-38(42)24(7)8)20-46-36(40)22(3)4/h13-16,29-30H,1,3,5,7,17-20H2,2,4,6,8-12H3. The summed E-state index contributed by atoms with van der Waals surface area (Å²) in [6, 6.07) is 7.25. The Morgan fingerprint density at radius 2 is 0.776 bits per heavy atom. The molecule has 0 saturated carbocycles. The van der Waals surface area contributed by atoms with Crippen LogP contribution in [0.4, 0.5) is 0 Å². The predicted octanol–water partition coefficient (Wildman–Crippen LogP) is 6.68. The average molecular weight is 679 g/mol. The number of rotatable bonds is 18. The van der Waals surface area contributed by atoms with E-state index in [0.29, 0.717) is 23.0 Å². The lowest BCUT2D eigenvalue weighted by Crippen LogP contribution is -2.31. The summed E-state index contributed by atoms with van der Waals surface area (Å²) in [5.41, 5.74) is 3.88. The Balaban J connectivity index is 2.17. The molecule has 0 aliphatic heterocycles. The first-order valence-corrected chi connectivity index (χ1v) is 15.4. The minimum atomic E-state index is -0.880. The van der Waals surface area contributed by atoms with Gasteiger partial charge in [-0.2, -0.15) is 0 Å². The summed E-state index contributed by atoms with van der Waals surface area (Å²) in [4.78, 5) is 48.1. The average Bonchev–Trinajstić information content (AvgIpc) is 3.02. The Labute approximate surface area is 288 Å². The maximum absolute atomic E-state index is 12.2. The van der Waals surface area contributed by atoms with Crippen molar-refractivity contribution in [1.82, 2.24) is 0 Å². The highest BCUT2D eigenvalue weighted by Crippen LogP contribution is 2.35. The van der Waals surface area contributed by atoms with Crippen molar-refractivity contribution in [3.63, 3.8) is 0 Å². The SMILES string of the molecule is C=C(C)C(=O)OCC(COc1cc(C)c(Oc2cc(C)c(OCC(COC(=O)C(=C)C)OC(=O)C(=C)C)cc2C)cc1C)OC(=O)C(=C)C. The first kappa shape index (κ1) is 39.9. The van der Waals surface area contributed by atoms with Crippen LogP contribution in [-0.2, 0) is 38.1 Å². The topological polar surface area (TPSA) is 133 Å². The molecule has 0 aliphatic rings. The third-order valence-corrected chi connectivity index (χ3v) is 6.76. The van der Waals surface area contributed by atoms with Crippen LogP contribution in [0.25, 0.3) is 0 Å². The van der Waals surface area contributed by atoms with Crippen LogP contribution in [0.2, 0.25) is 0 Å². The molecule has 2 rings (SSSR count). The van der Waals surface area contributed by atoms with Crippen LogP contribution in [0.1, 0.15) is 49.9 Å². The van der Waals surface area contributed by atoms with E-state index >= 15 is 0 Å². The Bertz CT molecular complexity index is 1510. The Kier molecular flexibility index (Phi) is 14.9. The largest absolute Gasteiger partial charge is 0.489 e. The fourth-order valence-electron chi connectivity index (χ4n) is 3.86. The van der Waals surface area contributed by atoms with E-state index in [4.69, 9.17) is 33.2 Å². The number of carbonyl (C=O) groups is 4. The second-order valence-electron chi connectivity index (χ2n) is 11.9. The molecule has 0 heterocycles. The van der Waals surface area contributed by atoms with E-state index < -0.39 is 36.1 Å². The summed E-state index contributed by atoms with van der Waals surface area (Å²) in [7, 11) is 0. The molecule has 0 aromatic heterocycles. The first-order valence-electron chi connectivity index (χ1n) is 15.4. The third kappa shape index (κ3) is 12.7. The fraction of sp³-hybridized carbons (Fsp3) is 0.368. The minimum Gasteiger partial charge on any atom is -0.489 e. The van der Waals surface area contributed by atoms with Gasteiger partial charge in [0.2, 0.25) is 0 Å². The molecular formula is C38H46O11. The number of hydrogen-bond donors (Lipinski definition) is 0. The van der Waals surface area contributed by atoms with Gasteiger partial charge in [-0.05, 0) is 102 Å². The van der Waals surface area contributed by atoms with Gasteiger partial charge < -0.3 is 33.2 Å². The lowest BCUT2D eigenvalue weighted by atomic mass is 10.1. The molecule has 0 amide bonds. The van der Waals surface area contributed by atoms with Gasteiger partial charge in [-0.1, -0.05) is 26.3 Å². The highest BCUT2D eigenvalue weighted by Gasteiger charge is 2.22. The summed E-state index contributed by atoms with van der Waals surface area (Å²) >= 11 is 0. The molecule has 2 aromatic rings. The maximum atomic E-state index is 12.2. The quantitative estimate of drug-likeness (QED) is 0.0949. The van der Waals surface area contributed by atoms with Crippen LogP contribution < -0.4 is 14.2 Å². The number of esters is 4. The van der Waals surface area contributed by atoms with Crippen molar-refractivity contribution in [2.45, 2.75) is 67.6 Å². The van der Waals surface area contributed by atoms with Gasteiger partial charge >= 0.3 is 23.9 Å². The van der Waals surface area contributed by atoms with Crippen molar-refractivity contribution < 1.29 is 52.3 Å². The highest BCUT2D eigenvalue weighted by atomic mass is 16.6. The molecule has 0 bridgehead atoms. The van der Waals surface area contributed by atoms with Gasteiger partial charge in [-0.15, -0.1) is 0 Å². The van der Waals surface area contributed by atoms with Crippen molar-refractivity contribution >= 4 is 23.9 Å². The minimum absolute atomic E-state index is 0.0771. The maximum Gasteiger partial charge on any atom is 0.333 e. The monoisotopic (exact) mass is 678 g/mol. The smallest absolute Gasteiger partial charge is 0.333 e. The summed E-state index contributed by atoms with van der Waals surface area (Å²) in [5, 5.41) is 0. The number of carbonyl (C=O) groups excluding carboxylic acids is 4. The molecule has 2 unspecified atom stereocenters. The van der Waals surface area contributed by atoms with Gasteiger partial charge in [-0.3, -0.25) is 0 Å². The van der Waals surface area contributed by atoms with Crippen LogP contribution in [0.15, 0.2) is 72.9 Å². The van der Waals surface area contributed by atoms with Gasteiger partial charge in [0.05, 0.1) is 0 Å². The molecule has 2 atom stereocenters. The Hall–Kier alpha value is -5.32. The zero-order valence-electron chi connectivity index (χ0n) is 29.6. The van der Waals surface area contributed by atoms with Crippen LogP contribution in [0, 0.1) is 27.7 Å². The van der Waals surface area contributed by atoms with Crippen LogP contribution >= 0.6 is 0 Å². The highest BCUT2D eigenvalue weighted by molar-refractivity contribution is 5.88. The molecule has 0 spiro atoms. The van der Waals surface area contributed by atoms with E-state index in [1.54, 1.807) is 12.1 Å². The number of aryl methyl sites for hydroxylation is 4. The van der Waals surface area contributed by atoms with Crippen molar-refractivity contribution in [3.8, 4) is 23.0 Å². The fourth-order valence-corrected chi connectivity index (χ4v) is 3.86. The first-order chi connectivity index (χ1) is 22.9. The van der Waals surface area contributed by atoms with E-state index in [-0.39, 0.29) is 48.7 Å². The molecule has 2 aromatic carbocycles. The second kappa shape index (κ2) is 18.3. The van der Waals surface area contributed by atoms with Gasteiger partial charge in [-0.25, -0.2) is 19.2 Å². The van der Waals surface area contributed by atoms with Crippen molar-refractivity contribution in [2.24, 2.45) is 0 Å². The summed E-state index contributed by atoms with van der Waals surface area (Å²) in [5.74, 6) is -0.238. The molecular weight excluding hydrogens is 632 g/mol. The van der Waals surface area contributed by atoms with Crippen LogP contribution in [0.3, 0.4) is 0 Å². The summed E-state index contributed by atoms with van der Waals surface area (Å²) < 4.78 is 39.4. The Morgan fingerprint density at radius 3 is 1.08 bits per heavy atom. The number of benzene rings is 2. The molecule has 0 N–H and O–H groups in total. The van der Waals surface area contributed by atoms with Crippen molar-refractivity contribution in [2.75, 3.05) is 26.4 Å². The molecule has 0 saturated heterocycles. The van der Waals surface area contributed by atoms with Crippen molar-refractivity contribution in [3.05, 3.63) is 95.1 Å². The molecule has 0 fully saturated rings. The van der Waals surface area contributed by atoms with E-state index in [1.165, 1.54) is 27.7 Å². The van der Waals surface area contributed by atoms with Gasteiger partial charge in [0.1, 0.15) is 49.4 Å². The summed E-state index contributed by atoms with van der Waals surface area (Å²) in [6.07, 6.45) is -1.76. The lowest BCUT2D eigenvalue weighted by molar-refractivity contribution is -0.155. The molecule has 0 radical (unpaired) electrons. The van der Waals surface area contributed by atoms with Crippen molar-refractivity contribution in [1.29, 1.82) is 0 Å². The molecule has 11 heteroatoms. The van der Waals surface area contributed by atoms with Gasteiger partial charge in [0.15, 0.2) is 12.2 Å².